The van der Waals surface area contributed by atoms with Gasteiger partial charge < -0.3 is 0 Å². The van der Waals surface area contributed by atoms with Crippen molar-refractivity contribution in [3.8, 4) is 0 Å². The van der Waals surface area contributed by atoms with Gasteiger partial charge in [-0.25, -0.2) is 0 Å². The Kier molecular flexibility index (Phi) is 3.69. The third-order valence-corrected chi connectivity index (χ3v) is 2.78. The maximum absolute atomic E-state index is 11.6. The molecule has 78 valence electrons. The van der Waals surface area contributed by atoms with Crippen molar-refractivity contribution in [1.29, 1.82) is 0 Å². The number of hydrogen-bond donors (Lipinski definition) is 0. The summed E-state index contributed by atoms with van der Waals surface area (Å²) in [7, 11) is 0. The van der Waals surface area contributed by atoms with Crippen LogP contribution in [0.1, 0.15) is 13.8 Å². The minimum atomic E-state index is -0.188. The Bertz CT molecular complexity index is 255. The van der Waals surface area contributed by atoms with E-state index in [9.17, 15) is 9.59 Å². The average Bonchev–Trinajstić information content (AvgIpc) is 2.35. The monoisotopic (exact) mass is 215 g/mol. The highest BCUT2D eigenvalue weighted by Crippen LogP contribution is 2.24. The molecule has 0 spiro atoms. The van der Waals surface area contributed by atoms with Crippen LogP contribution in [0.4, 0.5) is 0 Å². The number of imide groups is 1. The van der Waals surface area contributed by atoms with Gasteiger partial charge >= 0.3 is 0 Å². The van der Waals surface area contributed by atoms with Gasteiger partial charge in [-0.2, -0.15) is 0 Å². The molecule has 3 nitrogen and oxygen atoms in total. The zero-order chi connectivity index (χ0) is 10.7. The second-order valence-corrected chi connectivity index (χ2v) is 3.80. The molecular weight excluding hydrogens is 202 g/mol. The van der Waals surface area contributed by atoms with Crippen LogP contribution in [-0.2, 0) is 9.59 Å². The summed E-state index contributed by atoms with van der Waals surface area (Å²) in [5.41, 5.74) is 0. The smallest absolute Gasteiger partial charge is 0.233 e. The number of hydrogen-bond acceptors (Lipinski definition) is 2. The second-order valence-electron chi connectivity index (χ2n) is 3.49. The summed E-state index contributed by atoms with van der Waals surface area (Å²) in [4.78, 5) is 24.4. The number of carbonyl (C=O) groups is 2. The van der Waals surface area contributed by atoms with E-state index in [0.29, 0.717) is 12.4 Å². The summed E-state index contributed by atoms with van der Waals surface area (Å²) in [6, 6.07) is 0. The molecular formula is C10H14ClNO2. The quantitative estimate of drug-likeness (QED) is 0.406. The SMILES string of the molecule is CC1C(=O)N(CC=CCCl)C(=O)C1C. The molecule has 0 radical (unpaired) electrons. The third-order valence-electron chi connectivity index (χ3n) is 2.60. The van der Waals surface area contributed by atoms with Gasteiger partial charge in [0.25, 0.3) is 0 Å². The van der Waals surface area contributed by atoms with Gasteiger partial charge in [0.1, 0.15) is 0 Å². The molecule has 0 aliphatic carbocycles. The molecule has 1 heterocycles. The summed E-state index contributed by atoms with van der Waals surface area (Å²) < 4.78 is 0. The van der Waals surface area contributed by atoms with Crippen LogP contribution in [0.15, 0.2) is 12.2 Å². The molecule has 14 heavy (non-hydrogen) atoms. The lowest BCUT2D eigenvalue weighted by molar-refractivity contribution is -0.139. The molecule has 0 aromatic rings. The first kappa shape index (κ1) is 11.2. The first-order valence-electron chi connectivity index (χ1n) is 4.65. The lowest BCUT2D eigenvalue weighted by atomic mass is 10.00. The lowest BCUT2D eigenvalue weighted by Gasteiger charge is -2.10. The standard InChI is InChI=1S/C10H14ClNO2/c1-7-8(2)10(14)12(9(7)13)6-4-3-5-11/h3-4,7-8H,5-6H2,1-2H3. The summed E-state index contributed by atoms with van der Waals surface area (Å²) in [5.74, 6) is -0.135. The maximum atomic E-state index is 11.6. The fourth-order valence-corrected chi connectivity index (χ4v) is 1.58. The van der Waals surface area contributed by atoms with Crippen molar-refractivity contribution in [1.82, 2.24) is 4.90 Å². The molecule has 0 bridgehead atoms. The van der Waals surface area contributed by atoms with Crippen LogP contribution >= 0.6 is 11.6 Å². The molecule has 0 aromatic heterocycles. The van der Waals surface area contributed by atoms with Gasteiger partial charge in [-0.15, -0.1) is 11.6 Å². The molecule has 2 atom stereocenters. The molecule has 4 heteroatoms. The van der Waals surface area contributed by atoms with Crippen LogP contribution in [0.3, 0.4) is 0 Å². The number of likely N-dealkylation sites (tertiary alicyclic amines) is 1. The molecule has 2 amide bonds. The lowest BCUT2D eigenvalue weighted by Crippen LogP contribution is -2.30. The van der Waals surface area contributed by atoms with Gasteiger partial charge in [-0.05, 0) is 0 Å². The molecule has 0 aromatic carbocycles. The van der Waals surface area contributed by atoms with E-state index in [-0.39, 0.29) is 23.7 Å². The molecule has 1 saturated heterocycles. The van der Waals surface area contributed by atoms with Crippen LogP contribution in [-0.4, -0.2) is 29.1 Å². The van der Waals surface area contributed by atoms with E-state index in [1.807, 2.05) is 0 Å². The van der Waals surface area contributed by atoms with Crippen molar-refractivity contribution >= 4 is 23.4 Å². The molecule has 1 aliphatic rings. The van der Waals surface area contributed by atoms with Gasteiger partial charge in [0.2, 0.25) is 11.8 Å². The Labute approximate surface area is 88.7 Å². The Morgan fingerprint density at radius 3 is 2.14 bits per heavy atom. The van der Waals surface area contributed by atoms with Crippen LogP contribution < -0.4 is 0 Å². The fourth-order valence-electron chi connectivity index (χ4n) is 1.45. The van der Waals surface area contributed by atoms with Gasteiger partial charge in [-0.1, -0.05) is 26.0 Å². The van der Waals surface area contributed by atoms with Crippen LogP contribution in [0.2, 0.25) is 0 Å². The highest BCUT2D eigenvalue weighted by molar-refractivity contribution is 6.18. The average molecular weight is 216 g/mol. The number of halogens is 1. The number of carbonyl (C=O) groups excluding carboxylic acids is 2. The molecule has 1 rings (SSSR count). The van der Waals surface area contributed by atoms with Gasteiger partial charge in [0.15, 0.2) is 0 Å². The van der Waals surface area contributed by atoms with Crippen molar-refractivity contribution < 1.29 is 9.59 Å². The highest BCUT2D eigenvalue weighted by atomic mass is 35.5. The summed E-state index contributed by atoms with van der Waals surface area (Å²) in [5, 5.41) is 0. The first-order chi connectivity index (χ1) is 6.59. The van der Waals surface area contributed by atoms with Crippen molar-refractivity contribution in [2.75, 3.05) is 12.4 Å². The number of nitrogens with zero attached hydrogens (tertiary/aromatic N) is 1. The highest BCUT2D eigenvalue weighted by Gasteiger charge is 2.41. The molecule has 0 saturated carbocycles. The zero-order valence-corrected chi connectivity index (χ0v) is 9.12. The van der Waals surface area contributed by atoms with Crippen molar-refractivity contribution in [2.24, 2.45) is 11.8 Å². The summed E-state index contributed by atoms with van der Waals surface area (Å²) in [6.45, 7) is 3.92. The van der Waals surface area contributed by atoms with E-state index in [4.69, 9.17) is 11.6 Å². The van der Waals surface area contributed by atoms with E-state index in [1.165, 1.54) is 4.90 Å². The van der Waals surface area contributed by atoms with Crippen LogP contribution in [0.25, 0.3) is 0 Å². The van der Waals surface area contributed by atoms with E-state index >= 15 is 0 Å². The zero-order valence-electron chi connectivity index (χ0n) is 8.37. The Morgan fingerprint density at radius 1 is 1.21 bits per heavy atom. The molecule has 0 N–H and O–H groups in total. The third kappa shape index (κ3) is 1.98. The Balaban J connectivity index is 2.66. The topological polar surface area (TPSA) is 37.4 Å². The van der Waals surface area contributed by atoms with Crippen LogP contribution in [0.5, 0.6) is 0 Å². The Morgan fingerprint density at radius 2 is 1.71 bits per heavy atom. The molecule has 2 unspecified atom stereocenters. The molecule has 1 aliphatic heterocycles. The number of amides is 2. The number of alkyl halides is 1. The number of rotatable bonds is 3. The minimum Gasteiger partial charge on any atom is -0.278 e. The Hall–Kier alpha value is -0.830. The van der Waals surface area contributed by atoms with Crippen LogP contribution in [0, 0.1) is 11.8 Å². The predicted octanol–water partition coefficient (Wildman–Crippen LogP) is 1.42. The van der Waals surface area contributed by atoms with E-state index in [0.717, 1.165) is 0 Å². The van der Waals surface area contributed by atoms with Gasteiger partial charge in [-0.3, -0.25) is 14.5 Å². The summed E-state index contributed by atoms with van der Waals surface area (Å²) >= 11 is 5.44. The maximum Gasteiger partial charge on any atom is 0.233 e. The number of allylic oxidation sites excluding steroid dienone is 1. The first-order valence-corrected chi connectivity index (χ1v) is 5.19. The van der Waals surface area contributed by atoms with Crippen molar-refractivity contribution in [3.63, 3.8) is 0 Å². The normalized spacial score (nSPS) is 28.1. The largest absolute Gasteiger partial charge is 0.278 e. The fraction of sp³-hybridized carbons (Fsp3) is 0.600. The van der Waals surface area contributed by atoms with E-state index < -0.39 is 0 Å². The minimum absolute atomic E-state index is 0.0817. The van der Waals surface area contributed by atoms with Gasteiger partial charge in [0.05, 0.1) is 0 Å². The van der Waals surface area contributed by atoms with Gasteiger partial charge in [0, 0.05) is 24.3 Å². The predicted molar refractivity (Wildman–Crippen MR) is 54.9 cm³/mol. The van der Waals surface area contributed by atoms with E-state index in [2.05, 4.69) is 0 Å². The van der Waals surface area contributed by atoms with Crippen molar-refractivity contribution in [2.45, 2.75) is 13.8 Å². The van der Waals surface area contributed by atoms with E-state index in [1.54, 1.807) is 26.0 Å². The summed E-state index contributed by atoms with van der Waals surface area (Å²) in [6.07, 6.45) is 3.48. The van der Waals surface area contributed by atoms with Crippen molar-refractivity contribution in [3.05, 3.63) is 12.2 Å². The molecule has 1 fully saturated rings. The second kappa shape index (κ2) is 4.60.